The molecule has 0 bridgehead atoms. The van der Waals surface area contributed by atoms with Crippen LogP contribution in [-0.4, -0.2) is 18.3 Å². The number of hydrogen-bond donors (Lipinski definition) is 2. The van der Waals surface area contributed by atoms with Crippen LogP contribution in [0, 0.1) is 0 Å². The predicted octanol–water partition coefficient (Wildman–Crippen LogP) is 1.07. The van der Waals surface area contributed by atoms with E-state index in [9.17, 15) is 0 Å². The molecular formula is C11H15NO2. The second-order valence-electron chi connectivity index (χ2n) is 3.04. The van der Waals surface area contributed by atoms with Crippen LogP contribution < -0.4 is 10.5 Å². The molecule has 0 saturated heterocycles. The van der Waals surface area contributed by atoms with Crippen LogP contribution in [0.1, 0.15) is 5.56 Å². The minimum absolute atomic E-state index is 0.0514. The molecule has 1 aromatic rings. The number of rotatable bonds is 5. The second-order valence-corrected chi connectivity index (χ2v) is 3.04. The lowest BCUT2D eigenvalue weighted by Gasteiger charge is -2.07. The van der Waals surface area contributed by atoms with Gasteiger partial charge in [0.25, 0.3) is 0 Å². The van der Waals surface area contributed by atoms with Crippen molar-refractivity contribution in [3.63, 3.8) is 0 Å². The average Bonchev–Trinajstić information content (AvgIpc) is 2.26. The molecule has 3 N–H and O–H groups in total. The van der Waals surface area contributed by atoms with E-state index in [1.807, 2.05) is 24.3 Å². The maximum atomic E-state index is 8.81. The molecule has 0 amide bonds. The van der Waals surface area contributed by atoms with Gasteiger partial charge in [-0.25, -0.2) is 0 Å². The fourth-order valence-corrected chi connectivity index (χ4v) is 0.935. The standard InChI is InChI=1S/C11H15NO2/c1-9(6-12)8-14-11-4-2-10(7-13)3-5-11/h2-5,13H,1,6-8,12H2. The van der Waals surface area contributed by atoms with Gasteiger partial charge >= 0.3 is 0 Å². The van der Waals surface area contributed by atoms with Gasteiger partial charge in [-0.15, -0.1) is 0 Å². The van der Waals surface area contributed by atoms with Gasteiger partial charge in [-0.1, -0.05) is 18.7 Å². The largest absolute Gasteiger partial charge is 0.489 e. The van der Waals surface area contributed by atoms with Crippen molar-refractivity contribution in [2.24, 2.45) is 5.73 Å². The Morgan fingerprint density at radius 3 is 2.50 bits per heavy atom. The smallest absolute Gasteiger partial charge is 0.119 e. The van der Waals surface area contributed by atoms with E-state index in [1.54, 1.807) is 0 Å². The molecule has 1 rings (SSSR count). The maximum absolute atomic E-state index is 8.81. The first-order valence-corrected chi connectivity index (χ1v) is 4.45. The van der Waals surface area contributed by atoms with Crippen molar-refractivity contribution in [1.82, 2.24) is 0 Å². The molecule has 3 nitrogen and oxygen atoms in total. The molecule has 0 unspecified atom stereocenters. The summed E-state index contributed by atoms with van der Waals surface area (Å²) in [4.78, 5) is 0. The fraction of sp³-hybridized carbons (Fsp3) is 0.273. The number of aliphatic hydroxyl groups excluding tert-OH is 1. The van der Waals surface area contributed by atoms with Crippen LogP contribution in [0.25, 0.3) is 0 Å². The Hall–Kier alpha value is -1.32. The van der Waals surface area contributed by atoms with Crippen LogP contribution >= 0.6 is 0 Å². The van der Waals surface area contributed by atoms with Crippen molar-refractivity contribution >= 4 is 0 Å². The molecule has 14 heavy (non-hydrogen) atoms. The Morgan fingerprint density at radius 2 is 2.00 bits per heavy atom. The van der Waals surface area contributed by atoms with Gasteiger partial charge in [0.15, 0.2) is 0 Å². The fourth-order valence-electron chi connectivity index (χ4n) is 0.935. The van der Waals surface area contributed by atoms with Crippen LogP contribution in [0.2, 0.25) is 0 Å². The Labute approximate surface area is 83.8 Å². The lowest BCUT2D eigenvalue weighted by Crippen LogP contribution is -2.09. The van der Waals surface area contributed by atoms with Gasteiger partial charge in [-0.3, -0.25) is 0 Å². The molecule has 76 valence electrons. The molecule has 0 heterocycles. The Bertz CT molecular complexity index is 293. The van der Waals surface area contributed by atoms with Crippen molar-refractivity contribution in [3.8, 4) is 5.75 Å². The van der Waals surface area contributed by atoms with Gasteiger partial charge < -0.3 is 15.6 Å². The monoisotopic (exact) mass is 193 g/mol. The van der Waals surface area contributed by atoms with Crippen LogP contribution in [0.4, 0.5) is 0 Å². The third kappa shape index (κ3) is 3.20. The van der Waals surface area contributed by atoms with Gasteiger partial charge in [-0.2, -0.15) is 0 Å². The minimum atomic E-state index is 0.0514. The maximum Gasteiger partial charge on any atom is 0.119 e. The highest BCUT2D eigenvalue weighted by Gasteiger charge is 1.95. The zero-order chi connectivity index (χ0) is 10.4. The molecular weight excluding hydrogens is 178 g/mol. The summed E-state index contributed by atoms with van der Waals surface area (Å²) in [6.45, 7) is 4.66. The van der Waals surface area contributed by atoms with Crippen LogP contribution in [-0.2, 0) is 6.61 Å². The number of ether oxygens (including phenoxy) is 1. The minimum Gasteiger partial charge on any atom is -0.489 e. The molecule has 0 aromatic heterocycles. The Balaban J connectivity index is 2.47. The van der Waals surface area contributed by atoms with E-state index in [-0.39, 0.29) is 6.61 Å². The third-order valence-electron chi connectivity index (χ3n) is 1.84. The zero-order valence-corrected chi connectivity index (χ0v) is 8.07. The second kappa shape index (κ2) is 5.42. The lowest BCUT2D eigenvalue weighted by molar-refractivity contribution is 0.281. The van der Waals surface area contributed by atoms with Crippen molar-refractivity contribution in [3.05, 3.63) is 42.0 Å². The summed E-state index contributed by atoms with van der Waals surface area (Å²) in [5.41, 5.74) is 7.10. The van der Waals surface area contributed by atoms with Crippen molar-refractivity contribution in [2.45, 2.75) is 6.61 Å². The molecule has 1 aromatic carbocycles. The van der Waals surface area contributed by atoms with E-state index in [0.29, 0.717) is 13.2 Å². The van der Waals surface area contributed by atoms with Crippen LogP contribution in [0.3, 0.4) is 0 Å². The van der Waals surface area contributed by atoms with Crippen molar-refractivity contribution < 1.29 is 9.84 Å². The van der Waals surface area contributed by atoms with E-state index in [4.69, 9.17) is 15.6 Å². The van der Waals surface area contributed by atoms with E-state index >= 15 is 0 Å². The first kappa shape index (κ1) is 10.8. The third-order valence-corrected chi connectivity index (χ3v) is 1.84. The van der Waals surface area contributed by atoms with E-state index < -0.39 is 0 Å². The first-order chi connectivity index (χ1) is 6.76. The normalized spacial score (nSPS) is 9.86. The molecule has 0 aliphatic rings. The molecule has 0 atom stereocenters. The first-order valence-electron chi connectivity index (χ1n) is 4.45. The lowest BCUT2D eigenvalue weighted by atomic mass is 10.2. The highest BCUT2D eigenvalue weighted by atomic mass is 16.5. The average molecular weight is 193 g/mol. The van der Waals surface area contributed by atoms with Gasteiger partial charge in [0.1, 0.15) is 12.4 Å². The highest BCUT2D eigenvalue weighted by Crippen LogP contribution is 2.12. The van der Waals surface area contributed by atoms with Crippen molar-refractivity contribution in [2.75, 3.05) is 13.2 Å². The number of aliphatic hydroxyl groups is 1. The number of benzene rings is 1. The summed E-state index contributed by atoms with van der Waals surface area (Å²) in [5, 5.41) is 8.81. The van der Waals surface area contributed by atoms with Gasteiger partial charge in [-0.05, 0) is 23.3 Å². The summed E-state index contributed by atoms with van der Waals surface area (Å²) in [5.74, 6) is 0.761. The van der Waals surface area contributed by atoms with E-state index in [0.717, 1.165) is 16.9 Å². The van der Waals surface area contributed by atoms with E-state index in [2.05, 4.69) is 6.58 Å². The highest BCUT2D eigenvalue weighted by molar-refractivity contribution is 5.27. The summed E-state index contributed by atoms with van der Waals surface area (Å²) in [6, 6.07) is 7.27. The predicted molar refractivity (Wildman–Crippen MR) is 56.1 cm³/mol. The summed E-state index contributed by atoms with van der Waals surface area (Å²) in [7, 11) is 0. The summed E-state index contributed by atoms with van der Waals surface area (Å²) in [6.07, 6.45) is 0. The SMILES string of the molecule is C=C(CN)COc1ccc(CO)cc1. The molecule has 0 spiro atoms. The van der Waals surface area contributed by atoms with Crippen LogP contribution in [0.5, 0.6) is 5.75 Å². The van der Waals surface area contributed by atoms with Gasteiger partial charge in [0.05, 0.1) is 6.61 Å². The summed E-state index contributed by atoms with van der Waals surface area (Å²) < 4.78 is 5.40. The van der Waals surface area contributed by atoms with Crippen LogP contribution in [0.15, 0.2) is 36.4 Å². The zero-order valence-electron chi connectivity index (χ0n) is 8.07. The molecule has 0 radical (unpaired) electrons. The molecule has 3 heteroatoms. The van der Waals surface area contributed by atoms with E-state index in [1.165, 1.54) is 0 Å². The molecule has 0 saturated carbocycles. The van der Waals surface area contributed by atoms with Crippen molar-refractivity contribution in [1.29, 1.82) is 0 Å². The quantitative estimate of drug-likeness (QED) is 0.688. The van der Waals surface area contributed by atoms with Gasteiger partial charge in [0, 0.05) is 6.54 Å². The van der Waals surface area contributed by atoms with Gasteiger partial charge in [0.2, 0.25) is 0 Å². The topological polar surface area (TPSA) is 55.5 Å². The summed E-state index contributed by atoms with van der Waals surface area (Å²) >= 11 is 0. The number of hydrogen-bond acceptors (Lipinski definition) is 3. The number of nitrogens with two attached hydrogens (primary N) is 1. The molecule has 0 aliphatic carbocycles. The Kier molecular flexibility index (Phi) is 4.16. The molecule has 0 aliphatic heterocycles. The Morgan fingerprint density at radius 1 is 1.36 bits per heavy atom. The molecule has 0 fully saturated rings.